The van der Waals surface area contributed by atoms with Crippen molar-refractivity contribution in [1.29, 1.82) is 0 Å². The standard InChI is InChI=1S/C18H38N2O/c1-5-18(6-2,14-19-13-16(3)4)15-20(11-12-21)17-9-7-8-10-17/h16-17,19,21H,5-15H2,1-4H3. The molecule has 0 saturated heterocycles. The van der Waals surface area contributed by atoms with E-state index in [-0.39, 0.29) is 0 Å². The van der Waals surface area contributed by atoms with Crippen LogP contribution in [0.5, 0.6) is 0 Å². The third kappa shape index (κ3) is 6.25. The molecule has 21 heavy (non-hydrogen) atoms. The average molecular weight is 299 g/mol. The van der Waals surface area contributed by atoms with Crippen LogP contribution >= 0.6 is 0 Å². The normalized spacial score (nSPS) is 17.3. The molecule has 1 aliphatic rings. The van der Waals surface area contributed by atoms with Gasteiger partial charge in [0.25, 0.3) is 0 Å². The first-order valence-corrected chi connectivity index (χ1v) is 9.12. The summed E-state index contributed by atoms with van der Waals surface area (Å²) in [6.07, 6.45) is 7.80. The molecule has 0 spiro atoms. The number of nitrogens with one attached hydrogen (secondary N) is 1. The molecular formula is C18H38N2O. The van der Waals surface area contributed by atoms with E-state index >= 15 is 0 Å². The van der Waals surface area contributed by atoms with Gasteiger partial charge in [0, 0.05) is 25.7 Å². The summed E-state index contributed by atoms with van der Waals surface area (Å²) in [5.41, 5.74) is 0.354. The minimum atomic E-state index is 0.291. The molecule has 0 aromatic carbocycles. The zero-order chi connectivity index (χ0) is 15.7. The lowest BCUT2D eigenvalue weighted by molar-refractivity contribution is 0.0806. The van der Waals surface area contributed by atoms with Crippen molar-refractivity contribution in [3.05, 3.63) is 0 Å². The van der Waals surface area contributed by atoms with Gasteiger partial charge in [-0.1, -0.05) is 40.5 Å². The molecule has 1 aliphatic carbocycles. The maximum atomic E-state index is 9.43. The molecular weight excluding hydrogens is 260 g/mol. The summed E-state index contributed by atoms with van der Waals surface area (Å²) in [5, 5.41) is 13.1. The van der Waals surface area contributed by atoms with Crippen LogP contribution in [0, 0.1) is 11.3 Å². The Bertz CT molecular complexity index is 258. The van der Waals surface area contributed by atoms with Crippen molar-refractivity contribution < 1.29 is 5.11 Å². The van der Waals surface area contributed by atoms with Gasteiger partial charge in [0.1, 0.15) is 0 Å². The maximum Gasteiger partial charge on any atom is 0.0558 e. The predicted octanol–water partition coefficient (Wildman–Crippen LogP) is 3.28. The molecule has 0 heterocycles. The van der Waals surface area contributed by atoms with E-state index in [0.717, 1.165) is 26.2 Å². The Kier molecular flexibility index (Phi) is 8.84. The first kappa shape index (κ1) is 18.9. The Morgan fingerprint density at radius 2 is 1.81 bits per heavy atom. The molecule has 1 fully saturated rings. The first-order chi connectivity index (χ1) is 10.1. The fraction of sp³-hybridized carbons (Fsp3) is 1.00. The van der Waals surface area contributed by atoms with Gasteiger partial charge in [-0.25, -0.2) is 0 Å². The van der Waals surface area contributed by atoms with Crippen molar-refractivity contribution in [2.75, 3.05) is 32.8 Å². The zero-order valence-corrected chi connectivity index (χ0v) is 14.8. The van der Waals surface area contributed by atoms with Gasteiger partial charge in [-0.05, 0) is 43.6 Å². The van der Waals surface area contributed by atoms with Gasteiger partial charge in [-0.3, -0.25) is 4.90 Å². The monoisotopic (exact) mass is 298 g/mol. The van der Waals surface area contributed by atoms with Crippen molar-refractivity contribution in [3.63, 3.8) is 0 Å². The Morgan fingerprint density at radius 1 is 1.19 bits per heavy atom. The lowest BCUT2D eigenvalue weighted by atomic mass is 9.81. The fourth-order valence-electron chi connectivity index (χ4n) is 3.62. The number of hydrogen-bond donors (Lipinski definition) is 2. The summed E-state index contributed by atoms with van der Waals surface area (Å²) in [5.74, 6) is 0.708. The van der Waals surface area contributed by atoms with Crippen molar-refractivity contribution in [3.8, 4) is 0 Å². The van der Waals surface area contributed by atoms with Crippen molar-refractivity contribution in [1.82, 2.24) is 10.2 Å². The van der Waals surface area contributed by atoms with Crippen LogP contribution in [0.1, 0.15) is 66.2 Å². The number of nitrogens with zero attached hydrogens (tertiary/aromatic N) is 1. The largest absolute Gasteiger partial charge is 0.395 e. The highest BCUT2D eigenvalue weighted by Gasteiger charge is 2.32. The summed E-state index contributed by atoms with van der Waals surface area (Å²) < 4.78 is 0. The molecule has 0 amide bonds. The highest BCUT2D eigenvalue weighted by atomic mass is 16.3. The van der Waals surface area contributed by atoms with E-state index in [9.17, 15) is 5.11 Å². The molecule has 2 N–H and O–H groups in total. The molecule has 1 rings (SSSR count). The van der Waals surface area contributed by atoms with E-state index in [1.54, 1.807) is 0 Å². The number of aliphatic hydroxyl groups excluding tert-OH is 1. The van der Waals surface area contributed by atoms with Gasteiger partial charge in [-0.15, -0.1) is 0 Å². The van der Waals surface area contributed by atoms with E-state index in [2.05, 4.69) is 37.9 Å². The average Bonchev–Trinajstić information content (AvgIpc) is 2.99. The number of rotatable bonds is 11. The van der Waals surface area contributed by atoms with Gasteiger partial charge in [0.15, 0.2) is 0 Å². The molecule has 0 aromatic rings. The molecule has 3 nitrogen and oxygen atoms in total. The van der Waals surface area contributed by atoms with Crippen LogP contribution in [-0.4, -0.2) is 48.8 Å². The van der Waals surface area contributed by atoms with Crippen LogP contribution in [0.3, 0.4) is 0 Å². The van der Waals surface area contributed by atoms with Gasteiger partial charge < -0.3 is 10.4 Å². The Morgan fingerprint density at radius 3 is 2.29 bits per heavy atom. The smallest absolute Gasteiger partial charge is 0.0558 e. The second-order valence-electron chi connectivity index (χ2n) is 7.36. The lowest BCUT2D eigenvalue weighted by Crippen LogP contribution is -2.48. The van der Waals surface area contributed by atoms with E-state index in [0.29, 0.717) is 24.0 Å². The summed E-state index contributed by atoms with van der Waals surface area (Å²) in [4.78, 5) is 2.58. The van der Waals surface area contributed by atoms with Crippen LogP contribution in [-0.2, 0) is 0 Å². The highest BCUT2D eigenvalue weighted by Crippen LogP contribution is 2.31. The van der Waals surface area contributed by atoms with Gasteiger partial charge in [0.05, 0.1) is 6.61 Å². The Labute approximate surface area is 132 Å². The quantitative estimate of drug-likeness (QED) is 0.614. The van der Waals surface area contributed by atoms with E-state index < -0.39 is 0 Å². The van der Waals surface area contributed by atoms with Gasteiger partial charge in [-0.2, -0.15) is 0 Å². The highest BCUT2D eigenvalue weighted by molar-refractivity contribution is 4.87. The van der Waals surface area contributed by atoms with Crippen molar-refractivity contribution in [2.45, 2.75) is 72.3 Å². The van der Waals surface area contributed by atoms with Crippen LogP contribution in [0.4, 0.5) is 0 Å². The maximum absolute atomic E-state index is 9.43. The summed E-state index contributed by atoms with van der Waals surface area (Å²) in [6, 6.07) is 0.708. The number of aliphatic hydroxyl groups is 1. The van der Waals surface area contributed by atoms with Crippen molar-refractivity contribution in [2.24, 2.45) is 11.3 Å². The summed E-state index contributed by atoms with van der Waals surface area (Å²) >= 11 is 0. The molecule has 0 bridgehead atoms. The Balaban J connectivity index is 2.62. The molecule has 0 aliphatic heterocycles. The minimum absolute atomic E-state index is 0.291. The van der Waals surface area contributed by atoms with Gasteiger partial charge in [0.2, 0.25) is 0 Å². The summed E-state index contributed by atoms with van der Waals surface area (Å²) in [7, 11) is 0. The molecule has 0 radical (unpaired) electrons. The van der Waals surface area contributed by atoms with Crippen LogP contribution in [0.15, 0.2) is 0 Å². The van der Waals surface area contributed by atoms with Crippen LogP contribution in [0.2, 0.25) is 0 Å². The summed E-state index contributed by atoms with van der Waals surface area (Å²) in [6.45, 7) is 13.7. The zero-order valence-electron chi connectivity index (χ0n) is 14.8. The Hall–Kier alpha value is -0.120. The third-order valence-corrected chi connectivity index (χ3v) is 5.32. The van der Waals surface area contributed by atoms with Crippen LogP contribution in [0.25, 0.3) is 0 Å². The molecule has 3 heteroatoms. The molecule has 126 valence electrons. The number of hydrogen-bond acceptors (Lipinski definition) is 3. The second kappa shape index (κ2) is 9.81. The SMILES string of the molecule is CCC(CC)(CNCC(C)C)CN(CCO)C1CCCC1. The first-order valence-electron chi connectivity index (χ1n) is 9.12. The fourth-order valence-corrected chi connectivity index (χ4v) is 3.62. The topological polar surface area (TPSA) is 35.5 Å². The van der Waals surface area contributed by atoms with Crippen LogP contribution < -0.4 is 5.32 Å². The van der Waals surface area contributed by atoms with E-state index in [1.165, 1.54) is 38.5 Å². The van der Waals surface area contributed by atoms with E-state index in [1.807, 2.05) is 0 Å². The lowest BCUT2D eigenvalue weighted by Gasteiger charge is -2.40. The second-order valence-corrected chi connectivity index (χ2v) is 7.36. The third-order valence-electron chi connectivity index (χ3n) is 5.32. The predicted molar refractivity (Wildman–Crippen MR) is 91.6 cm³/mol. The molecule has 0 unspecified atom stereocenters. The molecule has 0 atom stereocenters. The van der Waals surface area contributed by atoms with E-state index in [4.69, 9.17) is 0 Å². The molecule has 0 aromatic heterocycles. The minimum Gasteiger partial charge on any atom is -0.395 e. The molecule has 1 saturated carbocycles. The van der Waals surface area contributed by atoms with Crippen molar-refractivity contribution >= 4 is 0 Å². The van der Waals surface area contributed by atoms with Gasteiger partial charge >= 0.3 is 0 Å².